The molecule has 10 heteroatoms. The van der Waals surface area contributed by atoms with Crippen molar-refractivity contribution in [3.8, 4) is 11.5 Å². The molecule has 1 heterocycles. The third-order valence-corrected chi connectivity index (χ3v) is 3.11. The molecule has 0 amide bonds. The second kappa shape index (κ2) is 5.60. The van der Waals surface area contributed by atoms with Crippen LogP contribution in [-0.4, -0.2) is 29.5 Å². The quantitative estimate of drug-likeness (QED) is 0.654. The molecule has 0 unspecified atom stereocenters. The first-order valence-corrected chi connectivity index (χ1v) is 6.38. The zero-order valence-corrected chi connectivity index (χ0v) is 12.0. The van der Waals surface area contributed by atoms with Crippen LogP contribution in [0.3, 0.4) is 0 Å². The fourth-order valence-electron chi connectivity index (χ4n) is 1.82. The van der Waals surface area contributed by atoms with E-state index in [0.717, 1.165) is 18.2 Å². The van der Waals surface area contributed by atoms with Gasteiger partial charge in [0.2, 0.25) is 0 Å². The normalized spacial score (nSPS) is 13.3. The number of hydrogen-bond acceptors (Lipinski definition) is 4. The van der Waals surface area contributed by atoms with Crippen molar-refractivity contribution in [1.29, 1.82) is 0 Å². The second-order valence-electron chi connectivity index (χ2n) is 5.07. The maximum atomic E-state index is 13.5. The average Bonchev–Trinajstić information content (AvgIpc) is 2.42. The van der Waals surface area contributed by atoms with Crippen molar-refractivity contribution in [3.05, 3.63) is 34.7 Å². The van der Waals surface area contributed by atoms with Crippen LogP contribution in [0, 0.1) is 0 Å². The molecule has 24 heavy (non-hydrogen) atoms. The van der Waals surface area contributed by atoms with Crippen molar-refractivity contribution in [2.24, 2.45) is 0 Å². The Bertz CT molecular complexity index is 809. The lowest BCUT2D eigenvalue weighted by molar-refractivity contribution is -0.308. The Labute approximate surface area is 130 Å². The summed E-state index contributed by atoms with van der Waals surface area (Å²) >= 11 is 0. The Balaban J connectivity index is 2.36. The largest absolute Gasteiger partial charge is 0.508 e. The number of rotatable bonds is 5. The molecular formula is C14H10F6O4. The summed E-state index contributed by atoms with van der Waals surface area (Å²) in [6.07, 6.45) is 0. The van der Waals surface area contributed by atoms with Gasteiger partial charge in [0.05, 0.1) is 11.5 Å². The van der Waals surface area contributed by atoms with Crippen molar-refractivity contribution in [1.82, 2.24) is 0 Å². The maximum Gasteiger partial charge on any atom is 0.375 e. The van der Waals surface area contributed by atoms with E-state index in [9.17, 15) is 36.2 Å². The van der Waals surface area contributed by atoms with Gasteiger partial charge in [-0.2, -0.15) is 26.3 Å². The van der Waals surface area contributed by atoms with E-state index in [1.807, 2.05) is 0 Å². The smallest absolute Gasteiger partial charge is 0.375 e. The molecule has 0 spiro atoms. The van der Waals surface area contributed by atoms with Gasteiger partial charge in [0.15, 0.2) is 6.61 Å². The van der Waals surface area contributed by atoms with E-state index in [-0.39, 0.29) is 23.6 Å². The Morgan fingerprint density at radius 3 is 2.33 bits per heavy atom. The Kier molecular flexibility index (Phi) is 4.19. The molecule has 2 aromatic rings. The lowest BCUT2D eigenvalue weighted by Crippen LogP contribution is -2.55. The molecular weight excluding hydrogens is 346 g/mol. The third kappa shape index (κ3) is 3.13. The van der Waals surface area contributed by atoms with Crippen LogP contribution < -0.4 is 10.4 Å². The van der Waals surface area contributed by atoms with Gasteiger partial charge in [0.1, 0.15) is 17.1 Å². The van der Waals surface area contributed by atoms with Crippen molar-refractivity contribution in [2.75, 3.05) is 6.61 Å². The molecule has 0 aliphatic carbocycles. The number of phenols is 1. The van der Waals surface area contributed by atoms with Crippen LogP contribution in [0.5, 0.6) is 11.5 Å². The first-order valence-electron chi connectivity index (χ1n) is 6.38. The summed E-state index contributed by atoms with van der Waals surface area (Å²) < 4.78 is 87.8. The Morgan fingerprint density at radius 1 is 1.12 bits per heavy atom. The van der Waals surface area contributed by atoms with E-state index >= 15 is 0 Å². The minimum absolute atomic E-state index is 0.0882. The summed E-state index contributed by atoms with van der Waals surface area (Å²) in [5.74, 6) is -16.7. The summed E-state index contributed by atoms with van der Waals surface area (Å²) in [5.41, 5.74) is -1.33. The van der Waals surface area contributed by atoms with Crippen molar-refractivity contribution in [3.63, 3.8) is 0 Å². The summed E-state index contributed by atoms with van der Waals surface area (Å²) in [6.45, 7) is -2.43. The number of ether oxygens (including phenoxy) is 1. The molecule has 0 aliphatic heterocycles. The van der Waals surface area contributed by atoms with Crippen LogP contribution in [-0.2, 0) is 0 Å². The molecule has 0 fully saturated rings. The monoisotopic (exact) mass is 356 g/mol. The van der Waals surface area contributed by atoms with E-state index in [0.29, 0.717) is 6.07 Å². The SMILES string of the molecule is CC(F)(F)C(F)(F)C(F)(F)COc1cc(=O)oc2cc(O)ccc12. The van der Waals surface area contributed by atoms with Crippen LogP contribution in [0.2, 0.25) is 0 Å². The molecule has 0 radical (unpaired) electrons. The molecule has 0 saturated heterocycles. The van der Waals surface area contributed by atoms with E-state index in [1.165, 1.54) is 0 Å². The van der Waals surface area contributed by atoms with Gasteiger partial charge in [-0.05, 0) is 12.1 Å². The summed E-state index contributed by atoms with van der Waals surface area (Å²) in [5, 5.41) is 9.17. The molecule has 0 atom stereocenters. The van der Waals surface area contributed by atoms with E-state index < -0.39 is 35.7 Å². The first-order chi connectivity index (χ1) is 10.8. The molecule has 132 valence electrons. The molecule has 1 aromatic carbocycles. The minimum atomic E-state index is -5.66. The molecule has 0 saturated carbocycles. The van der Waals surface area contributed by atoms with Gasteiger partial charge >= 0.3 is 23.4 Å². The highest BCUT2D eigenvalue weighted by molar-refractivity contribution is 5.84. The van der Waals surface area contributed by atoms with E-state index in [1.54, 1.807) is 0 Å². The van der Waals surface area contributed by atoms with Crippen LogP contribution in [0.25, 0.3) is 11.0 Å². The van der Waals surface area contributed by atoms with Gasteiger partial charge in [-0.1, -0.05) is 0 Å². The van der Waals surface area contributed by atoms with Gasteiger partial charge in [0.25, 0.3) is 0 Å². The van der Waals surface area contributed by atoms with Gasteiger partial charge in [0, 0.05) is 13.0 Å². The van der Waals surface area contributed by atoms with Crippen LogP contribution in [0.15, 0.2) is 33.5 Å². The predicted octanol–water partition coefficient (Wildman–Crippen LogP) is 3.80. The van der Waals surface area contributed by atoms with Gasteiger partial charge in [-0.25, -0.2) is 4.79 Å². The highest BCUT2D eigenvalue weighted by atomic mass is 19.3. The highest BCUT2D eigenvalue weighted by Gasteiger charge is 2.69. The minimum Gasteiger partial charge on any atom is -0.508 e. The van der Waals surface area contributed by atoms with Crippen LogP contribution in [0.4, 0.5) is 26.3 Å². The number of aromatic hydroxyl groups is 1. The molecule has 0 aliphatic rings. The lowest BCUT2D eigenvalue weighted by atomic mass is 10.1. The topological polar surface area (TPSA) is 59.7 Å². The number of halogens is 6. The highest BCUT2D eigenvalue weighted by Crippen LogP contribution is 2.45. The number of fused-ring (bicyclic) bond motifs is 1. The fourth-order valence-corrected chi connectivity index (χ4v) is 1.82. The maximum absolute atomic E-state index is 13.5. The molecule has 0 bridgehead atoms. The standard InChI is InChI=1S/C14H10F6O4/c1-12(15,16)14(19,20)13(17,18)6-23-9-5-11(22)24-10-4-7(21)2-3-8(9)10/h2-5,21H,6H2,1H3. The predicted molar refractivity (Wildman–Crippen MR) is 70.2 cm³/mol. The van der Waals surface area contributed by atoms with Gasteiger partial charge in [-0.15, -0.1) is 0 Å². The van der Waals surface area contributed by atoms with Crippen molar-refractivity contribution < 1.29 is 40.6 Å². The first kappa shape index (κ1) is 18.0. The summed E-state index contributed by atoms with van der Waals surface area (Å²) in [6, 6.07) is 3.78. The Hall–Kier alpha value is -2.39. The molecule has 1 aromatic heterocycles. The zero-order chi connectivity index (χ0) is 18.3. The number of alkyl halides is 6. The Morgan fingerprint density at radius 2 is 1.75 bits per heavy atom. The number of hydrogen-bond donors (Lipinski definition) is 1. The fraction of sp³-hybridized carbons (Fsp3) is 0.357. The summed E-state index contributed by atoms with van der Waals surface area (Å²) in [7, 11) is 0. The summed E-state index contributed by atoms with van der Waals surface area (Å²) in [4.78, 5) is 11.3. The third-order valence-electron chi connectivity index (χ3n) is 3.11. The van der Waals surface area contributed by atoms with Gasteiger partial charge < -0.3 is 14.3 Å². The van der Waals surface area contributed by atoms with Gasteiger partial charge in [-0.3, -0.25) is 0 Å². The average molecular weight is 356 g/mol. The number of benzene rings is 1. The van der Waals surface area contributed by atoms with Crippen LogP contribution >= 0.6 is 0 Å². The lowest BCUT2D eigenvalue weighted by Gasteiger charge is -2.30. The number of phenolic OH excluding ortho intramolecular Hbond substituents is 1. The molecule has 1 N–H and O–H groups in total. The zero-order valence-electron chi connectivity index (χ0n) is 12.0. The molecule has 2 rings (SSSR count). The van der Waals surface area contributed by atoms with E-state index in [2.05, 4.69) is 9.15 Å². The van der Waals surface area contributed by atoms with Crippen molar-refractivity contribution in [2.45, 2.75) is 24.7 Å². The van der Waals surface area contributed by atoms with E-state index in [4.69, 9.17) is 0 Å². The van der Waals surface area contributed by atoms with Crippen molar-refractivity contribution >= 4 is 11.0 Å². The van der Waals surface area contributed by atoms with Crippen LogP contribution in [0.1, 0.15) is 6.92 Å². The second-order valence-corrected chi connectivity index (χ2v) is 5.07. The molecule has 4 nitrogen and oxygen atoms in total.